The van der Waals surface area contributed by atoms with E-state index >= 15 is 0 Å². The topological polar surface area (TPSA) is 79.8 Å². The standard InChI is InChI=1S/C20H21ClFN3O3/c1-13(2)28-18-8-7-15(21)11-14(18)12-24-25-19(26)9-10-23-20(27)16-5-3-4-6-17(16)22/h3-8,11-13H,9-10H2,1-2H3,(H,23,27)(H,25,26). The van der Waals surface area contributed by atoms with Crippen LogP contribution in [0, 0.1) is 5.82 Å². The fraction of sp³-hybridized carbons (Fsp3) is 0.250. The second-order valence-corrected chi connectivity index (χ2v) is 6.56. The monoisotopic (exact) mass is 405 g/mol. The number of halogens is 2. The molecule has 0 aliphatic carbocycles. The van der Waals surface area contributed by atoms with E-state index in [1.54, 1.807) is 24.3 Å². The van der Waals surface area contributed by atoms with Crippen LogP contribution in [0.1, 0.15) is 36.2 Å². The Morgan fingerprint density at radius 3 is 2.71 bits per heavy atom. The lowest BCUT2D eigenvalue weighted by molar-refractivity contribution is -0.120. The molecule has 2 rings (SSSR count). The van der Waals surface area contributed by atoms with Crippen LogP contribution < -0.4 is 15.5 Å². The van der Waals surface area contributed by atoms with Crippen LogP contribution in [0.15, 0.2) is 47.6 Å². The predicted molar refractivity (Wildman–Crippen MR) is 106 cm³/mol. The van der Waals surface area contributed by atoms with E-state index in [9.17, 15) is 14.0 Å². The first kappa shape index (κ1) is 21.4. The summed E-state index contributed by atoms with van der Waals surface area (Å²) in [6.45, 7) is 3.84. The maximum Gasteiger partial charge on any atom is 0.254 e. The molecule has 6 nitrogen and oxygen atoms in total. The van der Waals surface area contributed by atoms with Gasteiger partial charge in [0.2, 0.25) is 5.91 Å². The van der Waals surface area contributed by atoms with Crippen molar-refractivity contribution in [1.29, 1.82) is 0 Å². The van der Waals surface area contributed by atoms with Crippen LogP contribution in [-0.2, 0) is 4.79 Å². The molecule has 0 fully saturated rings. The van der Waals surface area contributed by atoms with Crippen LogP contribution in [0.2, 0.25) is 5.02 Å². The van der Waals surface area contributed by atoms with Gasteiger partial charge in [0.1, 0.15) is 11.6 Å². The molecule has 0 radical (unpaired) electrons. The van der Waals surface area contributed by atoms with Crippen LogP contribution in [0.3, 0.4) is 0 Å². The first-order chi connectivity index (χ1) is 13.4. The third-order valence-electron chi connectivity index (χ3n) is 3.48. The number of amides is 2. The summed E-state index contributed by atoms with van der Waals surface area (Å²) in [6, 6.07) is 10.7. The number of hydrogen-bond acceptors (Lipinski definition) is 4. The summed E-state index contributed by atoms with van der Waals surface area (Å²) < 4.78 is 19.2. The average Bonchev–Trinajstić information content (AvgIpc) is 2.64. The molecule has 2 aromatic rings. The van der Waals surface area contributed by atoms with E-state index in [0.717, 1.165) is 0 Å². The zero-order valence-electron chi connectivity index (χ0n) is 15.5. The molecular weight excluding hydrogens is 385 g/mol. The molecule has 0 saturated carbocycles. The molecule has 0 bridgehead atoms. The number of carbonyl (C=O) groups excluding carboxylic acids is 2. The number of nitrogens with zero attached hydrogens (tertiary/aromatic N) is 1. The summed E-state index contributed by atoms with van der Waals surface area (Å²) >= 11 is 5.98. The van der Waals surface area contributed by atoms with Crippen molar-refractivity contribution in [2.75, 3.05) is 6.54 Å². The van der Waals surface area contributed by atoms with Crippen LogP contribution in [-0.4, -0.2) is 30.7 Å². The van der Waals surface area contributed by atoms with Crippen molar-refractivity contribution in [3.05, 3.63) is 64.4 Å². The number of hydrazone groups is 1. The Bertz CT molecular complexity index is 872. The van der Waals surface area contributed by atoms with Crippen molar-refractivity contribution in [3.8, 4) is 5.75 Å². The summed E-state index contributed by atoms with van der Waals surface area (Å²) in [5, 5.41) is 6.89. The fourth-order valence-corrected chi connectivity index (χ4v) is 2.42. The van der Waals surface area contributed by atoms with Crippen molar-refractivity contribution in [2.45, 2.75) is 26.4 Å². The van der Waals surface area contributed by atoms with Gasteiger partial charge in [-0.2, -0.15) is 5.10 Å². The Kier molecular flexibility index (Phi) is 7.95. The third kappa shape index (κ3) is 6.66. The van der Waals surface area contributed by atoms with Crippen LogP contribution in [0.5, 0.6) is 5.75 Å². The van der Waals surface area contributed by atoms with Crippen LogP contribution in [0.25, 0.3) is 0 Å². The quantitative estimate of drug-likeness (QED) is 0.520. The van der Waals surface area contributed by atoms with Gasteiger partial charge in [0.25, 0.3) is 5.91 Å². The molecule has 2 aromatic carbocycles. The molecule has 0 heterocycles. The third-order valence-corrected chi connectivity index (χ3v) is 3.72. The molecule has 0 atom stereocenters. The summed E-state index contributed by atoms with van der Waals surface area (Å²) in [4.78, 5) is 23.7. The summed E-state index contributed by atoms with van der Waals surface area (Å²) in [5.41, 5.74) is 2.91. The average molecular weight is 406 g/mol. The Morgan fingerprint density at radius 2 is 2.00 bits per heavy atom. The van der Waals surface area contributed by atoms with Gasteiger partial charge in [0.15, 0.2) is 0 Å². The maximum absolute atomic E-state index is 13.5. The van der Waals surface area contributed by atoms with Crippen molar-refractivity contribution in [3.63, 3.8) is 0 Å². The second kappa shape index (κ2) is 10.4. The minimum atomic E-state index is -0.616. The Labute approximate surface area is 167 Å². The van der Waals surface area contributed by atoms with Gasteiger partial charge in [-0.05, 0) is 44.2 Å². The highest BCUT2D eigenvalue weighted by atomic mass is 35.5. The molecule has 0 unspecified atom stereocenters. The Morgan fingerprint density at radius 1 is 1.25 bits per heavy atom. The second-order valence-electron chi connectivity index (χ2n) is 6.13. The summed E-state index contributed by atoms with van der Waals surface area (Å²) in [7, 11) is 0. The number of hydrogen-bond donors (Lipinski definition) is 2. The number of carbonyl (C=O) groups is 2. The number of rotatable bonds is 8. The van der Waals surface area contributed by atoms with E-state index < -0.39 is 17.6 Å². The molecule has 0 spiro atoms. The number of benzene rings is 2. The van der Waals surface area contributed by atoms with Crippen molar-refractivity contribution >= 4 is 29.6 Å². The van der Waals surface area contributed by atoms with Gasteiger partial charge in [-0.25, -0.2) is 9.82 Å². The lowest BCUT2D eigenvalue weighted by Crippen LogP contribution is -2.29. The molecule has 0 aromatic heterocycles. The zero-order valence-corrected chi connectivity index (χ0v) is 16.3. The highest BCUT2D eigenvalue weighted by Crippen LogP contribution is 2.22. The Hall–Kier alpha value is -2.93. The lowest BCUT2D eigenvalue weighted by Gasteiger charge is -2.12. The number of ether oxygens (including phenoxy) is 1. The van der Waals surface area contributed by atoms with Gasteiger partial charge in [0.05, 0.1) is 17.9 Å². The molecule has 0 aliphatic rings. The molecule has 28 heavy (non-hydrogen) atoms. The molecule has 2 N–H and O–H groups in total. The highest BCUT2D eigenvalue weighted by molar-refractivity contribution is 6.30. The van der Waals surface area contributed by atoms with Gasteiger partial charge in [-0.1, -0.05) is 23.7 Å². The molecular formula is C20H21ClFN3O3. The van der Waals surface area contributed by atoms with E-state index in [0.29, 0.717) is 16.3 Å². The van der Waals surface area contributed by atoms with E-state index in [1.165, 1.54) is 24.4 Å². The van der Waals surface area contributed by atoms with Crippen LogP contribution >= 0.6 is 11.6 Å². The van der Waals surface area contributed by atoms with Gasteiger partial charge in [-0.3, -0.25) is 9.59 Å². The van der Waals surface area contributed by atoms with Crippen molar-refractivity contribution in [1.82, 2.24) is 10.7 Å². The van der Waals surface area contributed by atoms with Gasteiger partial charge >= 0.3 is 0 Å². The first-order valence-electron chi connectivity index (χ1n) is 8.67. The Balaban J connectivity index is 1.83. The smallest absolute Gasteiger partial charge is 0.254 e. The number of nitrogens with one attached hydrogen (secondary N) is 2. The largest absolute Gasteiger partial charge is 0.490 e. The SMILES string of the molecule is CC(C)Oc1ccc(Cl)cc1C=NNC(=O)CCNC(=O)c1ccccc1F. The fourth-order valence-electron chi connectivity index (χ4n) is 2.24. The molecule has 8 heteroatoms. The minimum Gasteiger partial charge on any atom is -0.490 e. The molecule has 0 aliphatic heterocycles. The molecule has 0 saturated heterocycles. The van der Waals surface area contributed by atoms with E-state index in [1.807, 2.05) is 13.8 Å². The maximum atomic E-state index is 13.5. The normalized spacial score (nSPS) is 10.9. The van der Waals surface area contributed by atoms with E-state index in [-0.39, 0.29) is 24.6 Å². The highest BCUT2D eigenvalue weighted by Gasteiger charge is 2.10. The summed E-state index contributed by atoms with van der Waals surface area (Å²) in [5.74, 6) is -1.01. The van der Waals surface area contributed by atoms with E-state index in [4.69, 9.17) is 16.3 Å². The van der Waals surface area contributed by atoms with Crippen LogP contribution in [0.4, 0.5) is 4.39 Å². The van der Waals surface area contributed by atoms with Gasteiger partial charge < -0.3 is 10.1 Å². The van der Waals surface area contributed by atoms with E-state index in [2.05, 4.69) is 15.8 Å². The van der Waals surface area contributed by atoms with Gasteiger partial charge in [0, 0.05) is 23.6 Å². The van der Waals surface area contributed by atoms with Crippen molar-refractivity contribution < 1.29 is 18.7 Å². The minimum absolute atomic E-state index is 0.0115. The summed E-state index contributed by atoms with van der Waals surface area (Å²) in [6.07, 6.45) is 1.39. The lowest BCUT2D eigenvalue weighted by atomic mass is 10.2. The predicted octanol–water partition coefficient (Wildman–Crippen LogP) is 3.54. The first-order valence-corrected chi connectivity index (χ1v) is 9.05. The molecule has 148 valence electrons. The van der Waals surface area contributed by atoms with Gasteiger partial charge in [-0.15, -0.1) is 0 Å². The van der Waals surface area contributed by atoms with Crippen molar-refractivity contribution in [2.24, 2.45) is 5.10 Å². The zero-order chi connectivity index (χ0) is 20.5. The molecule has 2 amide bonds.